The number of esters is 1. The van der Waals surface area contributed by atoms with Crippen molar-refractivity contribution in [2.75, 3.05) is 7.11 Å². The lowest BCUT2D eigenvalue weighted by molar-refractivity contribution is -0.145. The van der Waals surface area contributed by atoms with Crippen molar-refractivity contribution in [1.82, 2.24) is 4.98 Å². The van der Waals surface area contributed by atoms with Gasteiger partial charge in [-0.1, -0.05) is 19.1 Å². The van der Waals surface area contributed by atoms with Crippen LogP contribution in [0.2, 0.25) is 0 Å². The van der Waals surface area contributed by atoms with E-state index in [9.17, 15) is 4.79 Å². The number of para-hydroxylation sites is 1. The van der Waals surface area contributed by atoms with Crippen molar-refractivity contribution in [1.29, 1.82) is 0 Å². The molecule has 18 heavy (non-hydrogen) atoms. The molecule has 0 saturated carbocycles. The molecule has 0 bridgehead atoms. The van der Waals surface area contributed by atoms with Gasteiger partial charge in [-0.15, -0.1) is 0 Å². The molecule has 0 radical (unpaired) electrons. The van der Waals surface area contributed by atoms with Crippen LogP contribution < -0.4 is 0 Å². The number of carbonyl (C=O) groups excluding carboxylic acids is 1. The Kier molecular flexibility index (Phi) is 4.07. The van der Waals surface area contributed by atoms with Crippen LogP contribution in [0.5, 0.6) is 0 Å². The Morgan fingerprint density at radius 2 is 2.28 bits per heavy atom. The number of fused-ring (bicyclic) bond motifs is 1. The van der Waals surface area contributed by atoms with Crippen molar-refractivity contribution in [2.24, 2.45) is 5.92 Å². The number of hydrogen-bond acceptors (Lipinski definition) is 2. The summed E-state index contributed by atoms with van der Waals surface area (Å²) in [5.74, 6) is -0.213. The summed E-state index contributed by atoms with van der Waals surface area (Å²) >= 11 is 3.51. The molecule has 0 spiro atoms. The summed E-state index contributed by atoms with van der Waals surface area (Å²) in [4.78, 5) is 14.9. The van der Waals surface area contributed by atoms with E-state index < -0.39 is 0 Å². The number of methoxy groups -OCH3 is 1. The molecule has 0 amide bonds. The molecule has 96 valence electrons. The molecule has 1 aromatic heterocycles. The molecule has 1 aromatic carbocycles. The zero-order chi connectivity index (χ0) is 13.1. The van der Waals surface area contributed by atoms with Gasteiger partial charge >= 0.3 is 5.97 Å². The van der Waals surface area contributed by atoms with E-state index in [4.69, 9.17) is 4.74 Å². The first-order valence-electron chi connectivity index (χ1n) is 5.99. The van der Waals surface area contributed by atoms with E-state index in [-0.39, 0.29) is 11.9 Å². The van der Waals surface area contributed by atoms with E-state index in [2.05, 4.69) is 27.0 Å². The fourth-order valence-electron chi connectivity index (χ4n) is 2.17. The second kappa shape index (κ2) is 5.57. The van der Waals surface area contributed by atoms with Gasteiger partial charge in [0.2, 0.25) is 0 Å². The minimum Gasteiger partial charge on any atom is -0.469 e. The largest absolute Gasteiger partial charge is 0.469 e. The fourth-order valence-corrected chi connectivity index (χ4v) is 2.65. The standard InChI is InChI=1S/C14H16BrNO2/c1-3-9(14(17)18-2)7-10-8-16-13-11(10)5-4-6-12(13)15/h4-6,8-9,16H,3,7H2,1-2H3/t9-/m0/s1. The monoisotopic (exact) mass is 309 g/mol. The number of aromatic amines is 1. The normalized spacial score (nSPS) is 12.6. The number of carbonyl (C=O) groups is 1. The molecule has 0 aliphatic rings. The highest BCUT2D eigenvalue weighted by atomic mass is 79.9. The zero-order valence-corrected chi connectivity index (χ0v) is 12.1. The van der Waals surface area contributed by atoms with Crippen LogP contribution in [-0.2, 0) is 16.0 Å². The van der Waals surface area contributed by atoms with Gasteiger partial charge in [0.05, 0.1) is 18.5 Å². The van der Waals surface area contributed by atoms with Crippen LogP contribution in [0.3, 0.4) is 0 Å². The highest BCUT2D eigenvalue weighted by molar-refractivity contribution is 9.10. The third-order valence-electron chi connectivity index (χ3n) is 3.24. The van der Waals surface area contributed by atoms with Gasteiger partial charge in [-0.05, 0) is 40.4 Å². The Hall–Kier alpha value is -1.29. The summed E-state index contributed by atoms with van der Waals surface area (Å²) in [6.45, 7) is 2.01. The van der Waals surface area contributed by atoms with E-state index >= 15 is 0 Å². The van der Waals surface area contributed by atoms with Crippen molar-refractivity contribution in [3.63, 3.8) is 0 Å². The Morgan fingerprint density at radius 1 is 1.50 bits per heavy atom. The summed E-state index contributed by atoms with van der Waals surface area (Å²) in [6, 6.07) is 6.07. The number of aromatic nitrogens is 1. The fraction of sp³-hybridized carbons (Fsp3) is 0.357. The van der Waals surface area contributed by atoms with Gasteiger partial charge in [-0.3, -0.25) is 4.79 Å². The van der Waals surface area contributed by atoms with Gasteiger partial charge in [0.15, 0.2) is 0 Å². The first kappa shape index (κ1) is 13.1. The number of benzene rings is 1. The van der Waals surface area contributed by atoms with Crippen LogP contribution in [0.4, 0.5) is 0 Å². The molecular formula is C14H16BrNO2. The van der Waals surface area contributed by atoms with Crippen LogP contribution in [0, 0.1) is 5.92 Å². The van der Waals surface area contributed by atoms with E-state index in [1.54, 1.807) is 0 Å². The molecule has 0 unspecified atom stereocenters. The quantitative estimate of drug-likeness (QED) is 0.876. The maximum absolute atomic E-state index is 11.6. The molecule has 2 aromatic rings. The number of rotatable bonds is 4. The minimum atomic E-state index is -0.137. The van der Waals surface area contributed by atoms with Crippen LogP contribution in [0.15, 0.2) is 28.9 Å². The van der Waals surface area contributed by atoms with Crippen LogP contribution in [0.1, 0.15) is 18.9 Å². The highest BCUT2D eigenvalue weighted by Gasteiger charge is 2.19. The van der Waals surface area contributed by atoms with Crippen LogP contribution in [0.25, 0.3) is 10.9 Å². The Morgan fingerprint density at radius 3 is 2.94 bits per heavy atom. The molecule has 1 heterocycles. The predicted molar refractivity (Wildman–Crippen MR) is 75.5 cm³/mol. The summed E-state index contributed by atoms with van der Waals surface area (Å²) in [5, 5.41) is 1.16. The van der Waals surface area contributed by atoms with Crippen molar-refractivity contribution in [2.45, 2.75) is 19.8 Å². The van der Waals surface area contributed by atoms with Crippen molar-refractivity contribution in [3.05, 3.63) is 34.4 Å². The summed E-state index contributed by atoms with van der Waals surface area (Å²) < 4.78 is 5.87. The Labute approximate surface area is 115 Å². The number of nitrogens with one attached hydrogen (secondary N) is 1. The molecule has 0 saturated heterocycles. The molecular weight excluding hydrogens is 294 g/mol. The second-order valence-electron chi connectivity index (χ2n) is 4.31. The molecule has 1 atom stereocenters. The van der Waals surface area contributed by atoms with Crippen LogP contribution >= 0.6 is 15.9 Å². The van der Waals surface area contributed by atoms with Gasteiger partial charge in [-0.2, -0.15) is 0 Å². The topological polar surface area (TPSA) is 42.1 Å². The highest BCUT2D eigenvalue weighted by Crippen LogP contribution is 2.27. The van der Waals surface area contributed by atoms with Gasteiger partial charge in [0.25, 0.3) is 0 Å². The van der Waals surface area contributed by atoms with Gasteiger partial charge < -0.3 is 9.72 Å². The third-order valence-corrected chi connectivity index (χ3v) is 3.90. The van der Waals surface area contributed by atoms with E-state index in [1.807, 2.05) is 25.3 Å². The summed E-state index contributed by atoms with van der Waals surface area (Å²) in [6.07, 6.45) is 3.47. The lowest BCUT2D eigenvalue weighted by atomic mass is 9.97. The molecule has 3 nitrogen and oxygen atoms in total. The molecule has 1 N–H and O–H groups in total. The maximum Gasteiger partial charge on any atom is 0.308 e. The first-order valence-corrected chi connectivity index (χ1v) is 6.79. The van der Waals surface area contributed by atoms with E-state index in [1.165, 1.54) is 7.11 Å². The molecule has 0 fully saturated rings. The van der Waals surface area contributed by atoms with Crippen molar-refractivity contribution >= 4 is 32.8 Å². The van der Waals surface area contributed by atoms with E-state index in [0.29, 0.717) is 6.42 Å². The molecule has 0 aliphatic heterocycles. The second-order valence-corrected chi connectivity index (χ2v) is 5.16. The van der Waals surface area contributed by atoms with Crippen molar-refractivity contribution in [3.8, 4) is 0 Å². The smallest absolute Gasteiger partial charge is 0.308 e. The number of hydrogen-bond donors (Lipinski definition) is 1. The van der Waals surface area contributed by atoms with Gasteiger partial charge in [0, 0.05) is 16.1 Å². The van der Waals surface area contributed by atoms with Gasteiger partial charge in [-0.25, -0.2) is 0 Å². The maximum atomic E-state index is 11.6. The molecule has 0 aliphatic carbocycles. The third kappa shape index (κ3) is 2.43. The van der Waals surface area contributed by atoms with Crippen molar-refractivity contribution < 1.29 is 9.53 Å². The Bertz CT molecular complexity index is 562. The average molecular weight is 310 g/mol. The van der Waals surface area contributed by atoms with Gasteiger partial charge in [0.1, 0.15) is 0 Å². The number of H-pyrrole nitrogens is 1. The number of ether oxygens (including phenoxy) is 1. The first-order chi connectivity index (χ1) is 8.67. The SMILES string of the molecule is CC[C@@H](Cc1c[nH]c2c(Br)cccc12)C(=O)OC. The van der Waals surface area contributed by atoms with E-state index in [0.717, 1.165) is 27.4 Å². The Balaban J connectivity index is 2.32. The predicted octanol–water partition coefficient (Wildman–Crippen LogP) is 3.67. The minimum absolute atomic E-state index is 0.0759. The summed E-state index contributed by atoms with van der Waals surface area (Å²) in [7, 11) is 1.44. The summed E-state index contributed by atoms with van der Waals surface area (Å²) in [5.41, 5.74) is 2.23. The average Bonchev–Trinajstić information content (AvgIpc) is 2.79. The molecule has 2 rings (SSSR count). The lowest BCUT2D eigenvalue weighted by Crippen LogP contribution is -2.17. The van der Waals surface area contributed by atoms with Crippen LogP contribution in [-0.4, -0.2) is 18.1 Å². The zero-order valence-electron chi connectivity index (χ0n) is 10.5. The number of halogens is 1. The lowest BCUT2D eigenvalue weighted by Gasteiger charge is -2.11. The molecule has 4 heteroatoms.